The predicted molar refractivity (Wildman–Crippen MR) is 49.8 cm³/mol. The summed E-state index contributed by atoms with van der Waals surface area (Å²) in [5.41, 5.74) is 0. The van der Waals surface area contributed by atoms with E-state index < -0.39 is 0 Å². The molecule has 0 atom stereocenters. The first kappa shape index (κ1) is 11.1. The Labute approximate surface area is 78.7 Å². The first-order chi connectivity index (χ1) is 4.91. The zero-order valence-corrected chi connectivity index (χ0v) is 10.4. The van der Waals surface area contributed by atoms with E-state index in [2.05, 4.69) is 6.92 Å². The Hall–Kier alpha value is 1.09. The minimum atomic E-state index is -0.376. The fraction of sp³-hybridized carbons (Fsp3) is 1.00. The maximum atomic E-state index is 5.71. The van der Waals surface area contributed by atoms with Crippen LogP contribution in [0.2, 0.25) is 4.44 Å². The Bertz CT molecular complexity index is 49.2. The molecule has 0 nitrogen and oxygen atoms in total. The fourth-order valence-corrected chi connectivity index (χ4v) is 2.96. The molecule has 0 aromatic heterocycles. The monoisotopic (exact) mass is 268 g/mol. The summed E-state index contributed by atoms with van der Waals surface area (Å²) in [7, 11) is 5.71. The summed E-state index contributed by atoms with van der Waals surface area (Å²) in [4.78, 5) is 0. The Morgan fingerprint density at radius 3 is 2.20 bits per heavy atom. The molecule has 0 bridgehead atoms. The Morgan fingerprint density at radius 1 is 1.00 bits per heavy atom. The zero-order valence-electron chi connectivity index (χ0n) is 6.83. The molecule has 58 valence electrons. The number of halogens is 1. The summed E-state index contributed by atoms with van der Waals surface area (Å²) >= 11 is -0.376. The topological polar surface area (TPSA) is 0 Å². The average Bonchev–Trinajstić information content (AvgIpc) is 1.97. The van der Waals surface area contributed by atoms with Gasteiger partial charge in [0.2, 0.25) is 0 Å². The van der Waals surface area contributed by atoms with E-state index in [1.54, 1.807) is 0 Å². The van der Waals surface area contributed by atoms with Crippen molar-refractivity contribution in [3.63, 3.8) is 0 Å². The van der Waals surface area contributed by atoms with Crippen LogP contribution in [0, 0.1) is 0 Å². The van der Waals surface area contributed by atoms with Gasteiger partial charge >= 0.3 is 78.8 Å². The van der Waals surface area contributed by atoms with Gasteiger partial charge in [0.05, 0.1) is 0 Å². The molecule has 0 aromatic carbocycles. The van der Waals surface area contributed by atoms with Gasteiger partial charge in [-0.2, -0.15) is 0 Å². The SMILES string of the molecule is CCCCCCC[CH2][Sn+2][Cl]. The molecule has 0 amide bonds. The third-order valence-corrected chi connectivity index (χ3v) is 4.44. The van der Waals surface area contributed by atoms with E-state index in [-0.39, 0.29) is 20.0 Å². The second kappa shape index (κ2) is 10.1. The molecule has 2 heteroatoms. The summed E-state index contributed by atoms with van der Waals surface area (Å²) in [5.74, 6) is 0. The molecule has 0 unspecified atom stereocenters. The molecular weight excluding hydrogens is 250 g/mol. The summed E-state index contributed by atoms with van der Waals surface area (Å²) in [6.45, 7) is 2.26. The quantitative estimate of drug-likeness (QED) is 0.488. The molecule has 0 aliphatic heterocycles. The van der Waals surface area contributed by atoms with Crippen LogP contribution in [-0.4, -0.2) is 20.0 Å². The van der Waals surface area contributed by atoms with Crippen molar-refractivity contribution >= 4 is 28.9 Å². The van der Waals surface area contributed by atoms with Gasteiger partial charge in [-0.3, -0.25) is 0 Å². The van der Waals surface area contributed by atoms with Gasteiger partial charge in [0, 0.05) is 0 Å². The molecule has 10 heavy (non-hydrogen) atoms. The molecule has 0 aliphatic carbocycles. The van der Waals surface area contributed by atoms with Gasteiger partial charge in [-0.05, 0) is 0 Å². The van der Waals surface area contributed by atoms with Gasteiger partial charge in [-0.25, -0.2) is 0 Å². The van der Waals surface area contributed by atoms with Crippen LogP contribution in [0.5, 0.6) is 0 Å². The Balaban J connectivity index is 2.65. The van der Waals surface area contributed by atoms with Crippen LogP contribution in [0.1, 0.15) is 45.4 Å². The molecule has 0 aromatic rings. The van der Waals surface area contributed by atoms with Crippen molar-refractivity contribution in [1.82, 2.24) is 0 Å². The molecular formula is C8H17ClSn+2. The first-order valence-electron chi connectivity index (χ1n) is 4.25. The van der Waals surface area contributed by atoms with E-state index in [4.69, 9.17) is 8.92 Å². The van der Waals surface area contributed by atoms with Crippen molar-refractivity contribution in [3.8, 4) is 0 Å². The van der Waals surface area contributed by atoms with E-state index in [0.717, 1.165) is 0 Å². The predicted octanol–water partition coefficient (Wildman–Crippen LogP) is 3.62. The normalized spacial score (nSPS) is 9.40. The second-order valence-electron chi connectivity index (χ2n) is 2.65. The molecule has 0 aliphatic rings. The second-order valence-corrected chi connectivity index (χ2v) is 6.63. The van der Waals surface area contributed by atoms with Crippen LogP contribution in [0.4, 0.5) is 0 Å². The zero-order chi connectivity index (χ0) is 7.66. The van der Waals surface area contributed by atoms with Gasteiger partial charge < -0.3 is 0 Å². The van der Waals surface area contributed by atoms with Gasteiger partial charge in [-0.1, -0.05) is 0 Å². The molecule has 0 saturated heterocycles. The number of hydrogen-bond acceptors (Lipinski definition) is 0. The Kier molecular flexibility index (Phi) is 11.2. The summed E-state index contributed by atoms with van der Waals surface area (Å²) in [5, 5.41) is 0. The van der Waals surface area contributed by atoms with Gasteiger partial charge in [0.25, 0.3) is 0 Å². The molecule has 0 rings (SSSR count). The van der Waals surface area contributed by atoms with E-state index in [0.29, 0.717) is 0 Å². The molecule has 0 N–H and O–H groups in total. The number of hydrogen-bond donors (Lipinski definition) is 0. The van der Waals surface area contributed by atoms with Crippen LogP contribution in [0.25, 0.3) is 0 Å². The van der Waals surface area contributed by atoms with Crippen LogP contribution in [-0.2, 0) is 0 Å². The molecule has 0 fully saturated rings. The van der Waals surface area contributed by atoms with Crippen molar-refractivity contribution in [1.29, 1.82) is 0 Å². The molecule has 0 spiro atoms. The van der Waals surface area contributed by atoms with Gasteiger partial charge in [0.15, 0.2) is 0 Å². The third-order valence-electron chi connectivity index (χ3n) is 1.62. The number of rotatable bonds is 7. The van der Waals surface area contributed by atoms with Crippen molar-refractivity contribution in [3.05, 3.63) is 0 Å². The molecule has 0 heterocycles. The van der Waals surface area contributed by atoms with Gasteiger partial charge in [-0.15, -0.1) is 0 Å². The van der Waals surface area contributed by atoms with Gasteiger partial charge in [0.1, 0.15) is 0 Å². The van der Waals surface area contributed by atoms with Crippen molar-refractivity contribution in [2.75, 3.05) is 0 Å². The van der Waals surface area contributed by atoms with Crippen LogP contribution >= 0.6 is 8.92 Å². The van der Waals surface area contributed by atoms with Crippen LogP contribution in [0.15, 0.2) is 0 Å². The van der Waals surface area contributed by atoms with Crippen LogP contribution < -0.4 is 0 Å². The van der Waals surface area contributed by atoms with E-state index in [1.807, 2.05) is 0 Å². The van der Waals surface area contributed by atoms with Crippen molar-refractivity contribution < 1.29 is 0 Å². The first-order valence-corrected chi connectivity index (χ1v) is 9.88. The van der Waals surface area contributed by atoms with Crippen molar-refractivity contribution in [2.45, 2.75) is 49.9 Å². The third kappa shape index (κ3) is 9.09. The summed E-state index contributed by atoms with van der Waals surface area (Å²) < 4.78 is 1.37. The van der Waals surface area contributed by atoms with E-state index in [9.17, 15) is 0 Å². The summed E-state index contributed by atoms with van der Waals surface area (Å²) in [6, 6.07) is 0. The van der Waals surface area contributed by atoms with Crippen LogP contribution in [0.3, 0.4) is 0 Å². The minimum absolute atomic E-state index is 0.376. The molecule has 0 saturated carbocycles. The average molecular weight is 267 g/mol. The maximum absolute atomic E-state index is 5.71. The van der Waals surface area contributed by atoms with E-state index in [1.165, 1.54) is 43.0 Å². The van der Waals surface area contributed by atoms with Crippen molar-refractivity contribution in [2.24, 2.45) is 0 Å². The van der Waals surface area contributed by atoms with E-state index >= 15 is 0 Å². The Morgan fingerprint density at radius 2 is 1.60 bits per heavy atom. The number of unbranched alkanes of at least 4 members (excludes halogenated alkanes) is 5. The fourth-order valence-electron chi connectivity index (χ4n) is 0.972. The molecule has 0 radical (unpaired) electrons. The summed E-state index contributed by atoms with van der Waals surface area (Å²) in [6.07, 6.45) is 8.47. The standard InChI is InChI=1S/C8H17.ClH.Sn/c1-3-5-7-8-6-4-2;;/h1,3-8H2,2H3;1H;/q;;+3/p-1.